The van der Waals surface area contributed by atoms with E-state index in [2.05, 4.69) is 26.7 Å². The molecular weight excluding hydrogens is 264 g/mol. The van der Waals surface area contributed by atoms with Gasteiger partial charge < -0.3 is 15.4 Å². The lowest BCUT2D eigenvalue weighted by Crippen LogP contribution is -2.21. The summed E-state index contributed by atoms with van der Waals surface area (Å²) >= 11 is 0. The molecule has 0 saturated carbocycles. The van der Waals surface area contributed by atoms with Gasteiger partial charge in [0.05, 0.1) is 12.6 Å². The molecule has 110 valence electrons. The summed E-state index contributed by atoms with van der Waals surface area (Å²) in [6.07, 6.45) is 0.927. The van der Waals surface area contributed by atoms with E-state index < -0.39 is 0 Å². The van der Waals surface area contributed by atoms with Crippen LogP contribution in [-0.4, -0.2) is 23.1 Å². The second kappa shape index (κ2) is 5.99. The second-order valence-corrected chi connectivity index (χ2v) is 5.12. The number of ether oxygens (including phenoxy) is 1. The molecule has 0 spiro atoms. The Bertz CT molecular complexity index is 629. The van der Waals surface area contributed by atoms with Crippen LogP contribution in [0, 0.1) is 6.92 Å². The molecule has 5 nitrogen and oxygen atoms in total. The molecule has 1 aromatic heterocycles. The molecule has 1 atom stereocenters. The van der Waals surface area contributed by atoms with Crippen molar-refractivity contribution < 1.29 is 4.74 Å². The molecule has 5 heteroatoms. The van der Waals surface area contributed by atoms with Crippen molar-refractivity contribution in [2.45, 2.75) is 26.3 Å². The number of fused-ring (bicyclic) bond motifs is 1. The van der Waals surface area contributed by atoms with Crippen LogP contribution in [-0.2, 0) is 0 Å². The lowest BCUT2D eigenvalue weighted by Gasteiger charge is -2.27. The van der Waals surface area contributed by atoms with Crippen LogP contribution in [0.5, 0.6) is 5.75 Å². The van der Waals surface area contributed by atoms with Crippen molar-refractivity contribution in [2.24, 2.45) is 0 Å². The Morgan fingerprint density at radius 1 is 1.29 bits per heavy atom. The Labute approximate surface area is 124 Å². The van der Waals surface area contributed by atoms with Crippen molar-refractivity contribution in [3.63, 3.8) is 0 Å². The summed E-state index contributed by atoms with van der Waals surface area (Å²) in [5, 5.41) is 6.66. The molecule has 0 saturated heterocycles. The molecule has 21 heavy (non-hydrogen) atoms. The molecule has 2 heterocycles. The van der Waals surface area contributed by atoms with Crippen LogP contribution in [0.3, 0.4) is 0 Å². The van der Waals surface area contributed by atoms with E-state index in [1.54, 1.807) is 0 Å². The summed E-state index contributed by atoms with van der Waals surface area (Å²) in [5.74, 6) is 2.47. The third kappa shape index (κ3) is 3.07. The van der Waals surface area contributed by atoms with E-state index >= 15 is 0 Å². The van der Waals surface area contributed by atoms with Gasteiger partial charge in [-0.25, -0.2) is 4.98 Å². The molecule has 3 rings (SSSR count). The Kier molecular flexibility index (Phi) is 3.90. The van der Waals surface area contributed by atoms with Crippen LogP contribution < -0.4 is 15.4 Å². The first-order valence-electron chi connectivity index (χ1n) is 7.34. The lowest BCUT2D eigenvalue weighted by atomic mass is 10.0. The zero-order valence-corrected chi connectivity index (χ0v) is 12.4. The molecular formula is C16H20N4O. The number of hydrogen-bond acceptors (Lipinski definition) is 5. The SMILES string of the molecule is CCNc1nc(C)cc(NC2CCOc3ccccc32)n1. The van der Waals surface area contributed by atoms with Gasteiger partial charge in [0, 0.05) is 30.3 Å². The number of aryl methyl sites for hydroxylation is 1. The molecule has 0 radical (unpaired) electrons. The quantitative estimate of drug-likeness (QED) is 0.903. The van der Waals surface area contributed by atoms with Gasteiger partial charge >= 0.3 is 0 Å². The molecule has 0 amide bonds. The number of hydrogen-bond donors (Lipinski definition) is 2. The van der Waals surface area contributed by atoms with Gasteiger partial charge in [0.2, 0.25) is 5.95 Å². The number of anilines is 2. The van der Waals surface area contributed by atoms with Crippen molar-refractivity contribution in [1.29, 1.82) is 0 Å². The molecule has 2 aromatic rings. The highest BCUT2D eigenvalue weighted by Crippen LogP contribution is 2.33. The fourth-order valence-corrected chi connectivity index (χ4v) is 2.55. The zero-order chi connectivity index (χ0) is 14.7. The van der Waals surface area contributed by atoms with Crippen LogP contribution >= 0.6 is 0 Å². The standard InChI is InChI=1S/C16H20N4O/c1-3-17-16-18-11(2)10-15(20-16)19-13-8-9-21-14-7-5-4-6-12(13)14/h4-7,10,13H,3,8-9H2,1-2H3,(H2,17,18,19,20). The van der Waals surface area contributed by atoms with Crippen molar-refractivity contribution in [1.82, 2.24) is 9.97 Å². The van der Waals surface area contributed by atoms with E-state index in [1.807, 2.05) is 38.1 Å². The van der Waals surface area contributed by atoms with E-state index in [4.69, 9.17) is 4.74 Å². The van der Waals surface area contributed by atoms with Gasteiger partial charge in [0.25, 0.3) is 0 Å². The van der Waals surface area contributed by atoms with Crippen LogP contribution in [0.15, 0.2) is 30.3 Å². The Morgan fingerprint density at radius 3 is 3.00 bits per heavy atom. The average Bonchev–Trinajstić information content (AvgIpc) is 2.47. The largest absolute Gasteiger partial charge is 0.493 e. The van der Waals surface area contributed by atoms with E-state index in [9.17, 15) is 0 Å². The maximum Gasteiger partial charge on any atom is 0.224 e. The van der Waals surface area contributed by atoms with Crippen LogP contribution in [0.2, 0.25) is 0 Å². The third-order valence-corrected chi connectivity index (χ3v) is 3.47. The number of benzene rings is 1. The third-order valence-electron chi connectivity index (χ3n) is 3.47. The van der Waals surface area contributed by atoms with Gasteiger partial charge in [0.15, 0.2) is 0 Å². The van der Waals surface area contributed by atoms with Crippen molar-refractivity contribution in [2.75, 3.05) is 23.8 Å². The van der Waals surface area contributed by atoms with Crippen molar-refractivity contribution in [3.8, 4) is 5.75 Å². The predicted molar refractivity (Wildman–Crippen MR) is 83.9 cm³/mol. The Balaban J connectivity index is 1.84. The molecule has 0 bridgehead atoms. The molecule has 1 aliphatic rings. The van der Waals surface area contributed by atoms with Crippen molar-refractivity contribution in [3.05, 3.63) is 41.6 Å². The van der Waals surface area contributed by atoms with Crippen LogP contribution in [0.4, 0.5) is 11.8 Å². The average molecular weight is 284 g/mol. The number of aromatic nitrogens is 2. The first-order chi connectivity index (χ1) is 10.3. The lowest BCUT2D eigenvalue weighted by molar-refractivity contribution is 0.274. The molecule has 0 fully saturated rings. The van der Waals surface area contributed by atoms with Crippen LogP contribution in [0.25, 0.3) is 0 Å². The molecule has 1 unspecified atom stereocenters. The minimum atomic E-state index is 0.221. The minimum absolute atomic E-state index is 0.221. The number of nitrogens with one attached hydrogen (secondary N) is 2. The minimum Gasteiger partial charge on any atom is -0.493 e. The fraction of sp³-hybridized carbons (Fsp3) is 0.375. The van der Waals surface area contributed by atoms with Crippen LogP contribution in [0.1, 0.15) is 30.6 Å². The predicted octanol–water partition coefficient (Wildman–Crippen LogP) is 3.15. The van der Waals surface area contributed by atoms with Gasteiger partial charge in [-0.15, -0.1) is 0 Å². The Morgan fingerprint density at radius 2 is 2.14 bits per heavy atom. The fourth-order valence-electron chi connectivity index (χ4n) is 2.55. The number of para-hydroxylation sites is 1. The molecule has 2 N–H and O–H groups in total. The topological polar surface area (TPSA) is 59.1 Å². The van der Waals surface area contributed by atoms with Gasteiger partial charge in [-0.1, -0.05) is 18.2 Å². The van der Waals surface area contributed by atoms with Gasteiger partial charge in [-0.3, -0.25) is 0 Å². The molecule has 1 aliphatic heterocycles. The summed E-state index contributed by atoms with van der Waals surface area (Å²) in [6.45, 7) is 5.54. The Hall–Kier alpha value is -2.30. The molecule has 1 aromatic carbocycles. The number of nitrogens with zero attached hydrogens (tertiary/aromatic N) is 2. The highest BCUT2D eigenvalue weighted by molar-refractivity contribution is 5.47. The number of rotatable bonds is 4. The van der Waals surface area contributed by atoms with E-state index in [0.29, 0.717) is 5.95 Å². The maximum atomic E-state index is 5.69. The summed E-state index contributed by atoms with van der Waals surface area (Å²) in [7, 11) is 0. The smallest absolute Gasteiger partial charge is 0.224 e. The van der Waals surface area contributed by atoms with Gasteiger partial charge in [-0.05, 0) is 19.9 Å². The monoisotopic (exact) mass is 284 g/mol. The maximum absolute atomic E-state index is 5.69. The van der Waals surface area contributed by atoms with Crippen molar-refractivity contribution >= 4 is 11.8 Å². The second-order valence-electron chi connectivity index (χ2n) is 5.12. The van der Waals surface area contributed by atoms with Gasteiger partial charge in [-0.2, -0.15) is 4.98 Å². The first-order valence-corrected chi connectivity index (χ1v) is 7.34. The van der Waals surface area contributed by atoms with E-state index in [1.165, 1.54) is 5.56 Å². The van der Waals surface area contributed by atoms with Gasteiger partial charge in [0.1, 0.15) is 11.6 Å². The zero-order valence-electron chi connectivity index (χ0n) is 12.4. The van der Waals surface area contributed by atoms with E-state index in [-0.39, 0.29) is 6.04 Å². The summed E-state index contributed by atoms with van der Waals surface area (Å²) < 4.78 is 5.69. The highest BCUT2D eigenvalue weighted by Gasteiger charge is 2.21. The normalized spacial score (nSPS) is 16.8. The summed E-state index contributed by atoms with van der Waals surface area (Å²) in [4.78, 5) is 8.89. The van der Waals surface area contributed by atoms with E-state index in [0.717, 1.165) is 36.8 Å². The summed E-state index contributed by atoms with van der Waals surface area (Å²) in [5.41, 5.74) is 2.13. The summed E-state index contributed by atoms with van der Waals surface area (Å²) in [6, 6.07) is 10.3. The molecule has 0 aliphatic carbocycles. The highest BCUT2D eigenvalue weighted by atomic mass is 16.5. The first kappa shape index (κ1) is 13.7.